The van der Waals surface area contributed by atoms with E-state index >= 15 is 0 Å². The summed E-state index contributed by atoms with van der Waals surface area (Å²) >= 11 is 0. The molecule has 160 valence electrons. The third kappa shape index (κ3) is 5.08. The van der Waals surface area contributed by atoms with Gasteiger partial charge in [-0.3, -0.25) is 14.9 Å². The highest BCUT2D eigenvalue weighted by Crippen LogP contribution is 2.39. The molecule has 0 radical (unpaired) electrons. The molecule has 1 N–H and O–H groups in total. The number of carbonyl (C=O) groups excluding carboxylic acids is 1. The van der Waals surface area contributed by atoms with Crippen molar-refractivity contribution in [2.24, 2.45) is 0 Å². The SMILES string of the molecule is COc1cc(C(=O)Nc2ccc(F)c([N+](=O)[O-])c2)cc(OC)c1OCc1ccccc1. The lowest BCUT2D eigenvalue weighted by atomic mass is 10.1. The van der Waals surface area contributed by atoms with E-state index in [-0.39, 0.29) is 29.4 Å². The van der Waals surface area contributed by atoms with Gasteiger partial charge in [-0.1, -0.05) is 30.3 Å². The zero-order chi connectivity index (χ0) is 22.4. The van der Waals surface area contributed by atoms with E-state index in [0.29, 0.717) is 5.75 Å². The molecule has 9 heteroatoms. The van der Waals surface area contributed by atoms with E-state index in [2.05, 4.69) is 5.32 Å². The summed E-state index contributed by atoms with van der Waals surface area (Å²) < 4.78 is 30.1. The van der Waals surface area contributed by atoms with Crippen molar-refractivity contribution >= 4 is 17.3 Å². The molecule has 0 fully saturated rings. The van der Waals surface area contributed by atoms with Crippen LogP contribution in [0.5, 0.6) is 17.2 Å². The molecule has 0 spiro atoms. The van der Waals surface area contributed by atoms with Crippen LogP contribution in [0.4, 0.5) is 15.8 Å². The lowest BCUT2D eigenvalue weighted by Crippen LogP contribution is -2.13. The summed E-state index contributed by atoms with van der Waals surface area (Å²) in [5, 5.41) is 13.4. The van der Waals surface area contributed by atoms with Crippen molar-refractivity contribution in [2.75, 3.05) is 19.5 Å². The van der Waals surface area contributed by atoms with Gasteiger partial charge in [0.05, 0.1) is 19.1 Å². The summed E-state index contributed by atoms with van der Waals surface area (Å²) in [6.07, 6.45) is 0. The number of methoxy groups -OCH3 is 2. The van der Waals surface area contributed by atoms with Crippen LogP contribution >= 0.6 is 0 Å². The molecule has 1 amide bonds. The number of nitrogens with one attached hydrogen (secondary N) is 1. The summed E-state index contributed by atoms with van der Waals surface area (Å²) in [6.45, 7) is 0.262. The maximum Gasteiger partial charge on any atom is 0.306 e. The number of rotatable bonds is 8. The van der Waals surface area contributed by atoms with E-state index in [0.717, 1.165) is 17.7 Å². The summed E-state index contributed by atoms with van der Waals surface area (Å²) in [5.74, 6) is -0.725. The number of anilines is 1. The number of hydrogen-bond acceptors (Lipinski definition) is 6. The van der Waals surface area contributed by atoms with Gasteiger partial charge < -0.3 is 19.5 Å². The standard InChI is InChI=1S/C22H19FN2O6/c1-29-19-10-15(22(26)24-16-8-9-17(23)18(12-16)25(27)28)11-20(30-2)21(19)31-13-14-6-4-3-5-7-14/h3-12H,13H2,1-2H3,(H,24,26). The van der Waals surface area contributed by atoms with Crippen molar-refractivity contribution in [1.82, 2.24) is 0 Å². The maximum absolute atomic E-state index is 13.5. The van der Waals surface area contributed by atoms with Crippen LogP contribution in [-0.4, -0.2) is 25.1 Å². The molecule has 0 aliphatic carbocycles. The lowest BCUT2D eigenvalue weighted by Gasteiger charge is -2.16. The first-order valence-electron chi connectivity index (χ1n) is 9.11. The second kappa shape index (κ2) is 9.57. The molecule has 8 nitrogen and oxygen atoms in total. The molecule has 3 aromatic rings. The molecular formula is C22H19FN2O6. The Morgan fingerprint density at radius 2 is 1.68 bits per heavy atom. The van der Waals surface area contributed by atoms with Crippen LogP contribution in [0.1, 0.15) is 15.9 Å². The fourth-order valence-electron chi connectivity index (χ4n) is 2.82. The van der Waals surface area contributed by atoms with E-state index in [1.54, 1.807) is 0 Å². The van der Waals surface area contributed by atoms with Crippen LogP contribution in [0, 0.1) is 15.9 Å². The van der Waals surface area contributed by atoms with E-state index < -0.39 is 22.3 Å². The third-order valence-corrected chi connectivity index (χ3v) is 4.35. The smallest absolute Gasteiger partial charge is 0.306 e. The Bertz CT molecular complexity index is 1080. The molecule has 0 aliphatic heterocycles. The Morgan fingerprint density at radius 1 is 1.03 bits per heavy atom. The average Bonchev–Trinajstić information content (AvgIpc) is 2.78. The van der Waals surface area contributed by atoms with Crippen molar-refractivity contribution in [3.8, 4) is 17.2 Å². The summed E-state index contributed by atoms with van der Waals surface area (Å²) in [7, 11) is 2.85. The number of nitrogens with zero attached hydrogens (tertiary/aromatic N) is 1. The highest BCUT2D eigenvalue weighted by atomic mass is 19.1. The highest BCUT2D eigenvalue weighted by Gasteiger charge is 2.20. The van der Waals surface area contributed by atoms with Gasteiger partial charge in [-0.2, -0.15) is 4.39 Å². The monoisotopic (exact) mass is 426 g/mol. The van der Waals surface area contributed by atoms with Gasteiger partial charge in [0.15, 0.2) is 11.5 Å². The number of nitro benzene ring substituents is 1. The third-order valence-electron chi connectivity index (χ3n) is 4.35. The summed E-state index contributed by atoms with van der Waals surface area (Å²) in [5.41, 5.74) is 0.428. The quantitative estimate of drug-likeness (QED) is 0.418. The van der Waals surface area contributed by atoms with Crippen molar-refractivity contribution < 1.29 is 28.3 Å². The van der Waals surface area contributed by atoms with Gasteiger partial charge >= 0.3 is 5.69 Å². The van der Waals surface area contributed by atoms with Gasteiger partial charge in [0, 0.05) is 17.3 Å². The van der Waals surface area contributed by atoms with E-state index in [9.17, 15) is 19.3 Å². The first-order chi connectivity index (χ1) is 14.9. The molecule has 0 saturated carbocycles. The fourth-order valence-corrected chi connectivity index (χ4v) is 2.82. The van der Waals surface area contributed by atoms with Gasteiger partial charge in [-0.25, -0.2) is 0 Å². The van der Waals surface area contributed by atoms with E-state index in [1.807, 2.05) is 30.3 Å². The Labute approximate surface area is 177 Å². The van der Waals surface area contributed by atoms with Crippen LogP contribution < -0.4 is 19.5 Å². The average molecular weight is 426 g/mol. The molecule has 3 rings (SSSR count). The largest absolute Gasteiger partial charge is 0.493 e. The van der Waals surface area contributed by atoms with Gasteiger partial charge in [0.2, 0.25) is 11.6 Å². The van der Waals surface area contributed by atoms with Crippen LogP contribution in [0.25, 0.3) is 0 Å². The van der Waals surface area contributed by atoms with Gasteiger partial charge in [0.25, 0.3) is 5.91 Å². The Morgan fingerprint density at radius 3 is 2.26 bits per heavy atom. The second-order valence-corrected chi connectivity index (χ2v) is 6.36. The zero-order valence-electron chi connectivity index (χ0n) is 16.8. The Kier molecular flexibility index (Phi) is 6.66. The minimum Gasteiger partial charge on any atom is -0.493 e. The predicted octanol–water partition coefficient (Wildman–Crippen LogP) is 4.58. The molecule has 0 heterocycles. The number of ether oxygens (including phenoxy) is 3. The molecule has 3 aromatic carbocycles. The number of amides is 1. The molecule has 0 aromatic heterocycles. The van der Waals surface area contributed by atoms with Crippen molar-refractivity contribution in [3.63, 3.8) is 0 Å². The van der Waals surface area contributed by atoms with Crippen molar-refractivity contribution in [2.45, 2.75) is 6.61 Å². The molecular weight excluding hydrogens is 407 g/mol. The summed E-state index contributed by atoms with van der Waals surface area (Å²) in [4.78, 5) is 22.7. The van der Waals surface area contributed by atoms with Crippen LogP contribution in [0.2, 0.25) is 0 Å². The van der Waals surface area contributed by atoms with Gasteiger partial charge in [-0.15, -0.1) is 0 Å². The first kappa shape index (κ1) is 21.6. The van der Waals surface area contributed by atoms with Gasteiger partial charge in [-0.05, 0) is 29.8 Å². The van der Waals surface area contributed by atoms with Crippen LogP contribution in [0.15, 0.2) is 60.7 Å². The van der Waals surface area contributed by atoms with Crippen molar-refractivity contribution in [1.29, 1.82) is 0 Å². The number of halogens is 1. The number of hydrogen-bond donors (Lipinski definition) is 1. The Hall–Kier alpha value is -4.14. The molecule has 0 saturated heterocycles. The molecule has 0 aliphatic rings. The lowest BCUT2D eigenvalue weighted by molar-refractivity contribution is -0.387. The minimum absolute atomic E-state index is 0.0698. The van der Waals surface area contributed by atoms with Crippen LogP contribution in [-0.2, 0) is 6.61 Å². The molecule has 0 bridgehead atoms. The predicted molar refractivity (Wildman–Crippen MR) is 111 cm³/mol. The van der Waals surface area contributed by atoms with Crippen molar-refractivity contribution in [3.05, 3.63) is 87.7 Å². The Balaban J connectivity index is 1.85. The molecule has 0 atom stereocenters. The number of benzene rings is 3. The maximum atomic E-state index is 13.5. The number of carbonyl (C=O) groups is 1. The first-order valence-corrected chi connectivity index (χ1v) is 9.11. The van der Waals surface area contributed by atoms with Gasteiger partial charge in [0.1, 0.15) is 6.61 Å². The van der Waals surface area contributed by atoms with E-state index in [4.69, 9.17) is 14.2 Å². The van der Waals surface area contributed by atoms with Crippen LogP contribution in [0.3, 0.4) is 0 Å². The minimum atomic E-state index is -0.994. The fraction of sp³-hybridized carbons (Fsp3) is 0.136. The molecule has 31 heavy (non-hydrogen) atoms. The number of nitro groups is 1. The highest BCUT2D eigenvalue weighted by molar-refractivity contribution is 6.05. The van der Waals surface area contributed by atoms with E-state index in [1.165, 1.54) is 32.4 Å². The summed E-state index contributed by atoms with van der Waals surface area (Å²) in [6, 6.07) is 15.5. The second-order valence-electron chi connectivity index (χ2n) is 6.36. The normalized spacial score (nSPS) is 10.3. The zero-order valence-corrected chi connectivity index (χ0v) is 16.8. The molecule has 0 unspecified atom stereocenters. The topological polar surface area (TPSA) is 99.9 Å².